The van der Waals surface area contributed by atoms with Crippen molar-refractivity contribution >= 4 is 18.0 Å². The van der Waals surface area contributed by atoms with Crippen LogP contribution in [0.1, 0.15) is 33.3 Å². The Kier molecular flexibility index (Phi) is 4.87. The summed E-state index contributed by atoms with van der Waals surface area (Å²) in [5.74, 6) is -1.34. The molecule has 19 heavy (non-hydrogen) atoms. The normalized spacial score (nSPS) is 11.9. The summed E-state index contributed by atoms with van der Waals surface area (Å²) in [6, 6.07) is 9.11. The molecule has 0 spiro atoms. The van der Waals surface area contributed by atoms with Gasteiger partial charge in [-0.3, -0.25) is 4.79 Å². The topological polar surface area (TPSA) is 52.6 Å². The van der Waals surface area contributed by atoms with Gasteiger partial charge in [0.2, 0.25) is 5.76 Å². The monoisotopic (exact) mass is 262 g/mol. The second kappa shape index (κ2) is 6.18. The van der Waals surface area contributed by atoms with Crippen molar-refractivity contribution in [2.75, 3.05) is 0 Å². The van der Waals surface area contributed by atoms with Gasteiger partial charge in [0.1, 0.15) is 5.60 Å². The highest BCUT2D eigenvalue weighted by molar-refractivity contribution is 5.94. The molecule has 102 valence electrons. The molecule has 0 aromatic heterocycles. The van der Waals surface area contributed by atoms with Crippen LogP contribution in [0.2, 0.25) is 0 Å². The van der Waals surface area contributed by atoms with Gasteiger partial charge in [-0.05, 0) is 32.4 Å². The molecule has 1 rings (SSSR count). The van der Waals surface area contributed by atoms with Crippen LogP contribution in [-0.4, -0.2) is 17.5 Å². The number of ether oxygens (including phenoxy) is 2. The van der Waals surface area contributed by atoms with E-state index in [1.54, 1.807) is 32.9 Å². The largest absolute Gasteiger partial charge is 0.454 e. The fraction of sp³-hybridized carbons (Fsp3) is 0.333. The summed E-state index contributed by atoms with van der Waals surface area (Å²) in [7, 11) is 0. The third-order valence-corrected chi connectivity index (χ3v) is 1.95. The van der Waals surface area contributed by atoms with Crippen molar-refractivity contribution in [1.82, 2.24) is 0 Å². The smallest absolute Gasteiger partial charge is 0.374 e. The summed E-state index contributed by atoms with van der Waals surface area (Å²) in [6.45, 7) is 6.49. The Bertz CT molecular complexity index is 481. The van der Waals surface area contributed by atoms with Crippen LogP contribution in [0.3, 0.4) is 0 Å². The van der Waals surface area contributed by atoms with Gasteiger partial charge >= 0.3 is 11.9 Å². The number of benzene rings is 1. The van der Waals surface area contributed by atoms with Crippen LogP contribution < -0.4 is 0 Å². The van der Waals surface area contributed by atoms with Gasteiger partial charge < -0.3 is 9.47 Å². The fourth-order valence-corrected chi connectivity index (χ4v) is 1.31. The molecule has 0 atom stereocenters. The molecule has 0 saturated carbocycles. The average Bonchev–Trinajstić information content (AvgIpc) is 2.26. The lowest BCUT2D eigenvalue weighted by molar-refractivity contribution is -0.158. The van der Waals surface area contributed by atoms with Crippen molar-refractivity contribution in [3.63, 3.8) is 0 Å². The quantitative estimate of drug-likeness (QED) is 0.477. The van der Waals surface area contributed by atoms with Crippen molar-refractivity contribution in [3.05, 3.63) is 41.7 Å². The maximum Gasteiger partial charge on any atom is 0.374 e. The van der Waals surface area contributed by atoms with Crippen molar-refractivity contribution < 1.29 is 19.1 Å². The van der Waals surface area contributed by atoms with Gasteiger partial charge in [-0.2, -0.15) is 0 Å². The van der Waals surface area contributed by atoms with Gasteiger partial charge in [-0.25, -0.2) is 4.79 Å². The average molecular weight is 262 g/mol. The van der Waals surface area contributed by atoms with E-state index in [4.69, 9.17) is 9.47 Å². The fourth-order valence-electron chi connectivity index (χ4n) is 1.31. The summed E-state index contributed by atoms with van der Waals surface area (Å²) in [5.41, 5.74) is 0.108. The summed E-state index contributed by atoms with van der Waals surface area (Å²) >= 11 is 0. The van der Waals surface area contributed by atoms with E-state index in [1.807, 2.05) is 18.2 Å². The minimum absolute atomic E-state index is 0.117. The van der Waals surface area contributed by atoms with Gasteiger partial charge in [0.25, 0.3) is 0 Å². The van der Waals surface area contributed by atoms with Crippen LogP contribution >= 0.6 is 0 Å². The highest BCUT2D eigenvalue weighted by Gasteiger charge is 2.22. The van der Waals surface area contributed by atoms with Crippen molar-refractivity contribution in [3.8, 4) is 0 Å². The lowest BCUT2D eigenvalue weighted by atomic mass is 10.2. The molecule has 0 saturated heterocycles. The Hall–Kier alpha value is -2.10. The molecule has 1 aromatic rings. The maximum atomic E-state index is 11.9. The molecular formula is C15H18O4. The first-order chi connectivity index (χ1) is 8.78. The lowest BCUT2D eigenvalue weighted by Crippen LogP contribution is -2.26. The summed E-state index contributed by atoms with van der Waals surface area (Å²) in [5, 5.41) is 0. The number of carbonyl (C=O) groups excluding carboxylic acids is 2. The van der Waals surface area contributed by atoms with E-state index in [0.717, 1.165) is 5.56 Å². The Balaban J connectivity index is 2.98. The molecule has 0 N–H and O–H groups in total. The van der Waals surface area contributed by atoms with Gasteiger partial charge in [0.05, 0.1) is 0 Å². The molecule has 1 aromatic carbocycles. The molecule has 0 aliphatic heterocycles. The molecule has 0 radical (unpaired) electrons. The SMILES string of the molecule is CC(=O)OC(=Cc1ccccc1)C(=O)OC(C)(C)C. The van der Waals surface area contributed by atoms with Gasteiger partial charge in [0, 0.05) is 6.92 Å². The van der Waals surface area contributed by atoms with Crippen molar-refractivity contribution in [2.24, 2.45) is 0 Å². The summed E-state index contributed by atoms with van der Waals surface area (Å²) in [4.78, 5) is 23.0. The second-order valence-electron chi connectivity index (χ2n) is 5.01. The highest BCUT2D eigenvalue weighted by Crippen LogP contribution is 2.15. The molecule has 0 fully saturated rings. The zero-order valence-corrected chi connectivity index (χ0v) is 11.6. The predicted octanol–water partition coefficient (Wildman–Crippen LogP) is 2.93. The van der Waals surface area contributed by atoms with Crippen LogP contribution in [0.25, 0.3) is 6.08 Å². The standard InChI is InChI=1S/C15H18O4/c1-11(16)18-13(14(17)19-15(2,3)4)10-12-8-6-5-7-9-12/h5-10H,1-4H3. The molecule has 0 amide bonds. The van der Waals surface area contributed by atoms with Gasteiger partial charge in [0.15, 0.2) is 0 Å². The molecule has 4 nitrogen and oxygen atoms in total. The zero-order chi connectivity index (χ0) is 14.5. The molecular weight excluding hydrogens is 244 g/mol. The molecule has 0 heterocycles. The van der Waals surface area contributed by atoms with E-state index in [2.05, 4.69) is 0 Å². The maximum absolute atomic E-state index is 11.9. The van der Waals surface area contributed by atoms with Gasteiger partial charge in [-0.1, -0.05) is 30.3 Å². The summed E-state index contributed by atoms with van der Waals surface area (Å²) in [6.07, 6.45) is 1.48. The molecule has 4 heteroatoms. The third kappa shape index (κ3) is 5.86. The minimum Gasteiger partial charge on any atom is -0.454 e. The van der Waals surface area contributed by atoms with Crippen LogP contribution in [0.5, 0.6) is 0 Å². The first kappa shape index (κ1) is 15.0. The van der Waals surface area contributed by atoms with Gasteiger partial charge in [-0.15, -0.1) is 0 Å². The highest BCUT2D eigenvalue weighted by atomic mass is 16.6. The zero-order valence-electron chi connectivity index (χ0n) is 11.6. The number of hydrogen-bond acceptors (Lipinski definition) is 4. The Morgan fingerprint density at radius 2 is 1.68 bits per heavy atom. The first-order valence-corrected chi connectivity index (χ1v) is 5.96. The van der Waals surface area contributed by atoms with Crippen molar-refractivity contribution in [1.29, 1.82) is 0 Å². The second-order valence-corrected chi connectivity index (χ2v) is 5.01. The van der Waals surface area contributed by atoms with E-state index in [1.165, 1.54) is 13.0 Å². The molecule has 0 bridgehead atoms. The number of esters is 2. The van der Waals surface area contributed by atoms with E-state index in [-0.39, 0.29) is 5.76 Å². The number of carbonyl (C=O) groups is 2. The Labute approximate surface area is 113 Å². The van der Waals surface area contributed by atoms with E-state index in [9.17, 15) is 9.59 Å². The summed E-state index contributed by atoms with van der Waals surface area (Å²) < 4.78 is 10.1. The molecule has 0 aliphatic rings. The predicted molar refractivity (Wildman–Crippen MR) is 72.0 cm³/mol. The molecule has 0 unspecified atom stereocenters. The van der Waals surface area contributed by atoms with E-state index >= 15 is 0 Å². The first-order valence-electron chi connectivity index (χ1n) is 5.96. The number of rotatable bonds is 3. The Morgan fingerprint density at radius 1 is 1.11 bits per heavy atom. The van der Waals surface area contributed by atoms with E-state index < -0.39 is 17.5 Å². The van der Waals surface area contributed by atoms with Crippen LogP contribution in [0.15, 0.2) is 36.1 Å². The third-order valence-electron chi connectivity index (χ3n) is 1.95. The minimum atomic E-state index is -0.661. The Morgan fingerprint density at radius 3 is 2.16 bits per heavy atom. The van der Waals surface area contributed by atoms with Crippen LogP contribution in [0, 0.1) is 0 Å². The van der Waals surface area contributed by atoms with Crippen LogP contribution in [-0.2, 0) is 19.1 Å². The van der Waals surface area contributed by atoms with Crippen LogP contribution in [0.4, 0.5) is 0 Å². The molecule has 0 aliphatic carbocycles. The van der Waals surface area contributed by atoms with Crippen molar-refractivity contribution in [2.45, 2.75) is 33.3 Å². The number of hydrogen-bond donors (Lipinski definition) is 0. The lowest BCUT2D eigenvalue weighted by Gasteiger charge is -2.20. The van der Waals surface area contributed by atoms with E-state index in [0.29, 0.717) is 0 Å².